The van der Waals surface area contributed by atoms with Crippen molar-refractivity contribution < 1.29 is 9.32 Å². The normalized spacial score (nSPS) is 10.8. The first-order valence-corrected chi connectivity index (χ1v) is 7.51. The zero-order valence-corrected chi connectivity index (χ0v) is 12.7. The van der Waals surface area contributed by atoms with Crippen molar-refractivity contribution in [2.75, 3.05) is 0 Å². The lowest BCUT2D eigenvalue weighted by Crippen LogP contribution is -2.22. The smallest absolute Gasteiger partial charge is 0.257 e. The second-order valence-electron chi connectivity index (χ2n) is 5.38. The molecule has 0 aliphatic rings. The standard InChI is InChI=1S/C18H14N4O2/c23-18(14-10-24-22-17(14)13-4-2-1-3-5-13)19-9-12-6-7-15-16(8-12)21-11-20-15/h1-8,10-11H,9H2,(H,19,23)(H,20,21). The number of hydrogen-bond donors (Lipinski definition) is 2. The summed E-state index contributed by atoms with van der Waals surface area (Å²) in [6, 6.07) is 15.3. The van der Waals surface area contributed by atoms with Crippen molar-refractivity contribution in [1.82, 2.24) is 20.4 Å². The molecule has 2 aromatic carbocycles. The van der Waals surface area contributed by atoms with Crippen LogP contribution in [0.4, 0.5) is 0 Å². The van der Waals surface area contributed by atoms with E-state index in [1.807, 2.05) is 48.5 Å². The summed E-state index contributed by atoms with van der Waals surface area (Å²) in [5.41, 5.74) is 4.63. The minimum atomic E-state index is -0.222. The summed E-state index contributed by atoms with van der Waals surface area (Å²) in [5.74, 6) is -0.222. The van der Waals surface area contributed by atoms with E-state index in [0.29, 0.717) is 17.8 Å². The molecule has 0 radical (unpaired) electrons. The number of carbonyl (C=O) groups excluding carboxylic acids is 1. The first-order valence-electron chi connectivity index (χ1n) is 7.51. The van der Waals surface area contributed by atoms with Crippen LogP contribution in [0.25, 0.3) is 22.3 Å². The molecule has 0 spiro atoms. The van der Waals surface area contributed by atoms with Crippen LogP contribution in [0.2, 0.25) is 0 Å². The van der Waals surface area contributed by atoms with Gasteiger partial charge in [-0.2, -0.15) is 0 Å². The highest BCUT2D eigenvalue weighted by atomic mass is 16.5. The zero-order chi connectivity index (χ0) is 16.4. The van der Waals surface area contributed by atoms with Crippen molar-refractivity contribution in [2.45, 2.75) is 6.54 Å². The lowest BCUT2D eigenvalue weighted by Gasteiger charge is -2.05. The van der Waals surface area contributed by atoms with Crippen molar-refractivity contribution in [2.24, 2.45) is 0 Å². The SMILES string of the molecule is O=C(NCc1ccc2nc[nH]c2c1)c1conc1-c1ccccc1. The molecule has 6 nitrogen and oxygen atoms in total. The molecule has 2 N–H and O–H groups in total. The van der Waals surface area contributed by atoms with Gasteiger partial charge in [0, 0.05) is 12.1 Å². The number of carbonyl (C=O) groups is 1. The summed E-state index contributed by atoms with van der Waals surface area (Å²) >= 11 is 0. The summed E-state index contributed by atoms with van der Waals surface area (Å²) in [4.78, 5) is 19.7. The lowest BCUT2D eigenvalue weighted by atomic mass is 10.1. The Labute approximate surface area is 137 Å². The molecule has 6 heteroatoms. The molecule has 0 bridgehead atoms. The number of amides is 1. The number of rotatable bonds is 4. The maximum Gasteiger partial charge on any atom is 0.257 e. The van der Waals surface area contributed by atoms with Gasteiger partial charge in [-0.05, 0) is 17.7 Å². The van der Waals surface area contributed by atoms with Crippen LogP contribution in [0, 0.1) is 0 Å². The Morgan fingerprint density at radius 3 is 2.92 bits per heavy atom. The van der Waals surface area contributed by atoms with Gasteiger partial charge in [0.2, 0.25) is 0 Å². The van der Waals surface area contributed by atoms with Gasteiger partial charge >= 0.3 is 0 Å². The quantitative estimate of drug-likeness (QED) is 0.605. The van der Waals surface area contributed by atoms with Crippen LogP contribution in [0.3, 0.4) is 0 Å². The van der Waals surface area contributed by atoms with Crippen LogP contribution < -0.4 is 5.32 Å². The molecule has 24 heavy (non-hydrogen) atoms. The number of nitrogens with zero attached hydrogens (tertiary/aromatic N) is 2. The van der Waals surface area contributed by atoms with Gasteiger partial charge in [0.15, 0.2) is 0 Å². The molecule has 0 aliphatic carbocycles. The predicted molar refractivity (Wildman–Crippen MR) is 89.2 cm³/mol. The maximum atomic E-state index is 12.5. The average Bonchev–Trinajstić information content (AvgIpc) is 3.29. The van der Waals surface area contributed by atoms with Gasteiger partial charge in [0.25, 0.3) is 5.91 Å². The molecular weight excluding hydrogens is 304 g/mol. The molecule has 2 heterocycles. The van der Waals surface area contributed by atoms with Crippen molar-refractivity contribution in [1.29, 1.82) is 0 Å². The van der Waals surface area contributed by atoms with Gasteiger partial charge in [-0.3, -0.25) is 4.79 Å². The number of hydrogen-bond acceptors (Lipinski definition) is 4. The third-order valence-corrected chi connectivity index (χ3v) is 3.80. The minimum Gasteiger partial charge on any atom is -0.363 e. The second kappa shape index (κ2) is 6.00. The van der Waals surface area contributed by atoms with E-state index in [-0.39, 0.29) is 5.91 Å². The Morgan fingerprint density at radius 2 is 2.04 bits per heavy atom. The van der Waals surface area contributed by atoms with E-state index in [2.05, 4.69) is 20.4 Å². The Balaban J connectivity index is 1.52. The number of imidazole rings is 1. The van der Waals surface area contributed by atoms with Crippen LogP contribution in [-0.4, -0.2) is 21.0 Å². The highest BCUT2D eigenvalue weighted by Gasteiger charge is 2.17. The lowest BCUT2D eigenvalue weighted by molar-refractivity contribution is 0.0951. The fourth-order valence-corrected chi connectivity index (χ4v) is 2.57. The summed E-state index contributed by atoms with van der Waals surface area (Å²) in [6.45, 7) is 0.410. The molecule has 0 saturated carbocycles. The van der Waals surface area contributed by atoms with Gasteiger partial charge in [-0.15, -0.1) is 0 Å². The fourth-order valence-electron chi connectivity index (χ4n) is 2.57. The number of H-pyrrole nitrogens is 1. The van der Waals surface area contributed by atoms with Crippen LogP contribution in [0.5, 0.6) is 0 Å². The van der Waals surface area contributed by atoms with Crippen LogP contribution in [0.1, 0.15) is 15.9 Å². The van der Waals surface area contributed by atoms with Crippen LogP contribution in [0.15, 0.2) is 65.6 Å². The van der Waals surface area contributed by atoms with E-state index < -0.39 is 0 Å². The van der Waals surface area contributed by atoms with E-state index in [1.54, 1.807) is 6.33 Å². The van der Waals surface area contributed by atoms with Gasteiger partial charge in [-0.1, -0.05) is 41.6 Å². The van der Waals surface area contributed by atoms with Gasteiger partial charge in [-0.25, -0.2) is 4.98 Å². The van der Waals surface area contributed by atoms with E-state index in [1.165, 1.54) is 6.26 Å². The third kappa shape index (κ3) is 2.65. The predicted octanol–water partition coefficient (Wildman–Crippen LogP) is 3.15. The monoisotopic (exact) mass is 318 g/mol. The number of benzene rings is 2. The highest BCUT2D eigenvalue weighted by Crippen LogP contribution is 2.21. The third-order valence-electron chi connectivity index (χ3n) is 3.80. The summed E-state index contributed by atoms with van der Waals surface area (Å²) < 4.78 is 5.00. The number of aromatic amines is 1. The molecule has 2 aromatic heterocycles. The van der Waals surface area contributed by atoms with Crippen molar-refractivity contribution in [3.8, 4) is 11.3 Å². The van der Waals surface area contributed by atoms with Gasteiger partial charge < -0.3 is 14.8 Å². The topological polar surface area (TPSA) is 83.8 Å². The average molecular weight is 318 g/mol. The van der Waals surface area contributed by atoms with Crippen molar-refractivity contribution >= 4 is 16.9 Å². The molecule has 118 valence electrons. The van der Waals surface area contributed by atoms with Gasteiger partial charge in [0.1, 0.15) is 17.5 Å². The largest absolute Gasteiger partial charge is 0.363 e. The molecule has 0 atom stereocenters. The summed E-state index contributed by atoms with van der Waals surface area (Å²) in [7, 11) is 0. The zero-order valence-electron chi connectivity index (χ0n) is 12.7. The fraction of sp³-hybridized carbons (Fsp3) is 0.0556. The Hall–Kier alpha value is -3.41. The van der Waals surface area contributed by atoms with E-state index in [0.717, 1.165) is 22.2 Å². The maximum absolute atomic E-state index is 12.5. The Bertz CT molecular complexity index is 988. The molecule has 4 aromatic rings. The number of aromatic nitrogens is 3. The van der Waals surface area contributed by atoms with Crippen LogP contribution in [-0.2, 0) is 6.54 Å². The molecule has 0 fully saturated rings. The molecule has 0 unspecified atom stereocenters. The molecule has 4 rings (SSSR count). The Kier molecular flexibility index (Phi) is 3.55. The minimum absolute atomic E-state index is 0.222. The van der Waals surface area contributed by atoms with Crippen molar-refractivity contribution in [3.63, 3.8) is 0 Å². The van der Waals surface area contributed by atoms with E-state index >= 15 is 0 Å². The molecule has 0 saturated heterocycles. The van der Waals surface area contributed by atoms with E-state index in [4.69, 9.17) is 4.52 Å². The number of nitrogens with one attached hydrogen (secondary N) is 2. The second-order valence-corrected chi connectivity index (χ2v) is 5.38. The summed E-state index contributed by atoms with van der Waals surface area (Å²) in [5, 5.41) is 6.84. The van der Waals surface area contributed by atoms with Gasteiger partial charge in [0.05, 0.1) is 17.4 Å². The summed E-state index contributed by atoms with van der Waals surface area (Å²) in [6.07, 6.45) is 3.02. The first-order chi connectivity index (χ1) is 11.8. The number of fused-ring (bicyclic) bond motifs is 1. The molecule has 1 amide bonds. The van der Waals surface area contributed by atoms with Crippen molar-refractivity contribution in [3.05, 3.63) is 72.2 Å². The van der Waals surface area contributed by atoms with E-state index in [9.17, 15) is 4.79 Å². The molecule has 0 aliphatic heterocycles. The molecular formula is C18H14N4O2. The Morgan fingerprint density at radius 1 is 1.17 bits per heavy atom. The first kappa shape index (κ1) is 14.2. The highest BCUT2D eigenvalue weighted by molar-refractivity contribution is 5.99. The van der Waals surface area contributed by atoms with Crippen LogP contribution >= 0.6 is 0 Å².